The number of hydrogen-bond donors (Lipinski definition) is 1. The molecule has 14 heavy (non-hydrogen) atoms. The van der Waals surface area contributed by atoms with Crippen molar-refractivity contribution in [3.05, 3.63) is 0 Å². The van der Waals surface area contributed by atoms with Crippen LogP contribution in [0, 0.1) is 11.3 Å². The maximum atomic E-state index is 11.5. The summed E-state index contributed by atoms with van der Waals surface area (Å²) in [6.45, 7) is 5.71. The number of hydrogen-bond acceptors (Lipinski definition) is 2. The molecule has 0 unspecified atom stereocenters. The van der Waals surface area contributed by atoms with Gasteiger partial charge in [-0.05, 0) is 31.6 Å². The van der Waals surface area contributed by atoms with Crippen LogP contribution in [-0.2, 0) is 9.53 Å². The molecule has 0 bridgehead atoms. The topological polar surface area (TPSA) is 52.3 Å². The van der Waals surface area contributed by atoms with E-state index in [0.717, 1.165) is 25.7 Å². The lowest BCUT2D eigenvalue weighted by Gasteiger charge is -2.34. The van der Waals surface area contributed by atoms with Crippen molar-refractivity contribution in [2.45, 2.75) is 39.5 Å². The van der Waals surface area contributed by atoms with Gasteiger partial charge in [0.2, 0.25) is 5.91 Å². The van der Waals surface area contributed by atoms with E-state index in [1.54, 1.807) is 0 Å². The smallest absolute Gasteiger partial charge is 0.223 e. The first-order valence-corrected chi connectivity index (χ1v) is 5.44. The predicted molar refractivity (Wildman–Crippen MR) is 55.8 cm³/mol. The monoisotopic (exact) mass is 199 g/mol. The van der Waals surface area contributed by atoms with Gasteiger partial charge in [-0.15, -0.1) is 0 Å². The molecule has 1 amide bonds. The van der Waals surface area contributed by atoms with Gasteiger partial charge in [0.1, 0.15) is 0 Å². The van der Waals surface area contributed by atoms with Crippen molar-refractivity contribution in [2.75, 3.05) is 13.2 Å². The third-order valence-electron chi connectivity index (χ3n) is 3.17. The average molecular weight is 199 g/mol. The van der Waals surface area contributed by atoms with E-state index < -0.39 is 0 Å². The van der Waals surface area contributed by atoms with Crippen LogP contribution in [0.4, 0.5) is 0 Å². The van der Waals surface area contributed by atoms with Crippen LogP contribution in [0.25, 0.3) is 0 Å². The van der Waals surface area contributed by atoms with Gasteiger partial charge < -0.3 is 10.5 Å². The zero-order valence-electron chi connectivity index (χ0n) is 9.21. The number of nitrogens with two attached hydrogens (primary N) is 1. The quantitative estimate of drug-likeness (QED) is 0.749. The van der Waals surface area contributed by atoms with Crippen molar-refractivity contribution in [1.29, 1.82) is 0 Å². The van der Waals surface area contributed by atoms with Crippen molar-refractivity contribution in [3.63, 3.8) is 0 Å². The third-order valence-corrected chi connectivity index (χ3v) is 3.17. The highest BCUT2D eigenvalue weighted by Crippen LogP contribution is 2.36. The summed E-state index contributed by atoms with van der Waals surface area (Å²) in [5, 5.41) is 0. The molecular weight excluding hydrogens is 178 g/mol. The Hall–Kier alpha value is -0.570. The van der Waals surface area contributed by atoms with E-state index in [0.29, 0.717) is 19.1 Å². The molecule has 0 radical (unpaired) electrons. The highest BCUT2D eigenvalue weighted by molar-refractivity contribution is 5.80. The molecular formula is C11H21NO2. The van der Waals surface area contributed by atoms with E-state index in [4.69, 9.17) is 10.5 Å². The minimum absolute atomic E-state index is 0.138. The number of rotatable bonds is 4. The largest absolute Gasteiger partial charge is 0.381 e. The summed E-state index contributed by atoms with van der Waals surface area (Å²) in [7, 11) is 0. The van der Waals surface area contributed by atoms with Crippen molar-refractivity contribution in [1.82, 2.24) is 0 Å². The number of carbonyl (C=O) groups excluding carboxylic acids is 1. The summed E-state index contributed by atoms with van der Waals surface area (Å²) in [4.78, 5) is 11.5. The van der Waals surface area contributed by atoms with E-state index in [1.165, 1.54) is 0 Å². The average Bonchev–Trinajstić information content (AvgIpc) is 2.16. The van der Waals surface area contributed by atoms with Gasteiger partial charge in [0, 0.05) is 13.2 Å². The Labute approximate surface area is 86.0 Å². The molecule has 0 aliphatic carbocycles. The molecule has 1 rings (SSSR count). The van der Waals surface area contributed by atoms with E-state index in [2.05, 4.69) is 13.8 Å². The van der Waals surface area contributed by atoms with E-state index >= 15 is 0 Å². The SMILES string of the molecule is CC(C)CCC1(C(N)=O)CCOCC1. The van der Waals surface area contributed by atoms with Crippen LogP contribution in [0.15, 0.2) is 0 Å². The second kappa shape index (κ2) is 4.78. The van der Waals surface area contributed by atoms with Gasteiger partial charge in [-0.25, -0.2) is 0 Å². The Morgan fingerprint density at radius 1 is 1.43 bits per heavy atom. The fraction of sp³-hybridized carbons (Fsp3) is 0.909. The first kappa shape index (κ1) is 11.5. The molecule has 3 heteroatoms. The van der Waals surface area contributed by atoms with Gasteiger partial charge in [0.05, 0.1) is 5.41 Å². The second-order valence-corrected chi connectivity index (χ2v) is 4.69. The molecule has 0 atom stereocenters. The van der Waals surface area contributed by atoms with E-state index in [-0.39, 0.29) is 11.3 Å². The number of amides is 1. The van der Waals surface area contributed by atoms with Gasteiger partial charge in [-0.2, -0.15) is 0 Å². The molecule has 3 nitrogen and oxygen atoms in total. The minimum atomic E-state index is -0.275. The Balaban J connectivity index is 2.56. The van der Waals surface area contributed by atoms with E-state index in [9.17, 15) is 4.79 Å². The van der Waals surface area contributed by atoms with Crippen LogP contribution < -0.4 is 5.73 Å². The first-order chi connectivity index (χ1) is 6.57. The van der Waals surface area contributed by atoms with Gasteiger partial charge in [-0.3, -0.25) is 4.79 Å². The summed E-state index contributed by atoms with van der Waals surface area (Å²) in [5.41, 5.74) is 5.22. The van der Waals surface area contributed by atoms with Crippen LogP contribution in [0.5, 0.6) is 0 Å². The Morgan fingerprint density at radius 2 is 2.00 bits per heavy atom. The van der Waals surface area contributed by atoms with Crippen molar-refractivity contribution >= 4 is 5.91 Å². The lowest BCUT2D eigenvalue weighted by Crippen LogP contribution is -2.41. The van der Waals surface area contributed by atoms with Gasteiger partial charge in [0.15, 0.2) is 0 Å². The molecule has 0 aromatic rings. The maximum absolute atomic E-state index is 11.5. The van der Waals surface area contributed by atoms with Gasteiger partial charge in [-0.1, -0.05) is 13.8 Å². The zero-order valence-corrected chi connectivity index (χ0v) is 9.21. The van der Waals surface area contributed by atoms with Crippen LogP contribution in [-0.4, -0.2) is 19.1 Å². The Bertz CT molecular complexity index is 195. The Morgan fingerprint density at radius 3 is 2.43 bits per heavy atom. The second-order valence-electron chi connectivity index (χ2n) is 4.69. The molecule has 0 spiro atoms. The summed E-state index contributed by atoms with van der Waals surface area (Å²) in [6.07, 6.45) is 3.59. The van der Waals surface area contributed by atoms with Crippen molar-refractivity contribution < 1.29 is 9.53 Å². The Kier molecular flexibility index (Phi) is 3.93. The molecule has 1 aliphatic heterocycles. The molecule has 1 saturated heterocycles. The summed E-state index contributed by atoms with van der Waals surface area (Å²) in [6, 6.07) is 0. The fourth-order valence-corrected chi connectivity index (χ4v) is 1.95. The van der Waals surface area contributed by atoms with Gasteiger partial charge >= 0.3 is 0 Å². The first-order valence-electron chi connectivity index (χ1n) is 5.44. The number of ether oxygens (including phenoxy) is 1. The number of primary amides is 1. The van der Waals surface area contributed by atoms with Gasteiger partial charge in [0.25, 0.3) is 0 Å². The molecule has 82 valence electrons. The molecule has 1 aliphatic rings. The number of carbonyl (C=O) groups is 1. The predicted octanol–water partition coefficient (Wildman–Crippen LogP) is 1.70. The molecule has 1 heterocycles. The van der Waals surface area contributed by atoms with Crippen LogP contribution in [0.2, 0.25) is 0 Å². The van der Waals surface area contributed by atoms with E-state index in [1.807, 2.05) is 0 Å². The van der Waals surface area contributed by atoms with Crippen molar-refractivity contribution in [3.8, 4) is 0 Å². The molecule has 2 N–H and O–H groups in total. The fourth-order valence-electron chi connectivity index (χ4n) is 1.95. The summed E-state index contributed by atoms with van der Waals surface area (Å²) >= 11 is 0. The highest BCUT2D eigenvalue weighted by Gasteiger charge is 2.37. The van der Waals surface area contributed by atoms with Crippen molar-refractivity contribution in [2.24, 2.45) is 17.1 Å². The normalized spacial score (nSPS) is 21.1. The minimum Gasteiger partial charge on any atom is -0.381 e. The molecule has 1 fully saturated rings. The zero-order chi connectivity index (χ0) is 10.6. The standard InChI is InChI=1S/C11H21NO2/c1-9(2)3-4-11(10(12)13)5-7-14-8-6-11/h9H,3-8H2,1-2H3,(H2,12,13). The molecule has 0 aromatic heterocycles. The highest BCUT2D eigenvalue weighted by atomic mass is 16.5. The summed E-state index contributed by atoms with van der Waals surface area (Å²) in [5.74, 6) is 0.496. The lowest BCUT2D eigenvalue weighted by atomic mass is 9.74. The maximum Gasteiger partial charge on any atom is 0.223 e. The van der Waals surface area contributed by atoms with Crippen LogP contribution in [0.1, 0.15) is 39.5 Å². The lowest BCUT2D eigenvalue weighted by molar-refractivity contribution is -0.134. The van der Waals surface area contributed by atoms with Crippen LogP contribution in [0.3, 0.4) is 0 Å². The molecule has 0 aromatic carbocycles. The molecule has 0 saturated carbocycles. The summed E-state index contributed by atoms with van der Waals surface area (Å²) < 4.78 is 5.27. The van der Waals surface area contributed by atoms with Crippen LogP contribution >= 0.6 is 0 Å². The third kappa shape index (κ3) is 2.71.